The highest BCUT2D eigenvalue weighted by atomic mass is 79.9. The van der Waals surface area contributed by atoms with E-state index in [4.69, 9.17) is 0 Å². The highest BCUT2D eigenvalue weighted by molar-refractivity contribution is 9.10. The van der Waals surface area contributed by atoms with Crippen LogP contribution in [0.5, 0.6) is 0 Å². The van der Waals surface area contributed by atoms with Gasteiger partial charge in [0.15, 0.2) is 0 Å². The molecule has 1 atom stereocenters. The Bertz CT molecular complexity index is 433. The number of alkyl halides is 1. The van der Waals surface area contributed by atoms with Crippen LogP contribution in [0.15, 0.2) is 28.7 Å². The maximum Gasteiger partial charge on any atom is 0.222 e. The molecule has 0 saturated heterocycles. The van der Waals surface area contributed by atoms with Crippen molar-refractivity contribution < 1.29 is 8.42 Å². The summed E-state index contributed by atoms with van der Waals surface area (Å²) in [7, 11) is -3.23. The maximum absolute atomic E-state index is 11.3. The third kappa shape index (κ3) is 4.22. The molecule has 0 fully saturated rings. The second kappa shape index (κ2) is 5.43. The molecule has 15 heavy (non-hydrogen) atoms. The third-order valence-electron chi connectivity index (χ3n) is 1.85. The first kappa shape index (κ1) is 13.2. The Morgan fingerprint density at radius 3 is 2.67 bits per heavy atom. The molecule has 0 aliphatic carbocycles. The number of halogens is 2. The molecule has 3 nitrogen and oxygen atoms in total. The normalized spacial score (nSPS) is 13.8. The zero-order valence-corrected chi connectivity index (χ0v) is 12.1. The Hall–Kier alpha value is 0.0900. The van der Waals surface area contributed by atoms with E-state index in [9.17, 15) is 8.42 Å². The van der Waals surface area contributed by atoms with Crippen molar-refractivity contribution in [1.82, 2.24) is 4.72 Å². The number of hydrogen-bond acceptors (Lipinski definition) is 2. The summed E-state index contributed by atoms with van der Waals surface area (Å²) in [5.41, 5.74) is 0.925. The van der Waals surface area contributed by atoms with Gasteiger partial charge >= 0.3 is 0 Å². The number of rotatable bonds is 4. The maximum atomic E-state index is 11.3. The van der Waals surface area contributed by atoms with Gasteiger partial charge in [0.2, 0.25) is 10.0 Å². The summed E-state index contributed by atoms with van der Waals surface area (Å²) >= 11 is 6.27. The Kier molecular flexibility index (Phi) is 4.76. The standard InChI is InChI=1S/C9H11Br2NO2S/c1-7(12-15(13,14)6-10)8-3-2-4-9(11)5-8/h2-5,7,12H,6H2,1H3/t7-/m1/s1. The van der Waals surface area contributed by atoms with Crippen molar-refractivity contribution >= 4 is 41.9 Å². The predicted octanol–water partition coefficient (Wildman–Crippen LogP) is 2.78. The highest BCUT2D eigenvalue weighted by Crippen LogP contribution is 2.18. The molecule has 1 rings (SSSR count). The van der Waals surface area contributed by atoms with E-state index >= 15 is 0 Å². The molecule has 0 saturated carbocycles. The monoisotopic (exact) mass is 355 g/mol. The van der Waals surface area contributed by atoms with Crippen LogP contribution in [-0.4, -0.2) is 13.1 Å². The summed E-state index contributed by atoms with van der Waals surface area (Å²) in [6.45, 7) is 1.81. The van der Waals surface area contributed by atoms with Crippen molar-refractivity contribution in [3.05, 3.63) is 34.3 Å². The van der Waals surface area contributed by atoms with Gasteiger partial charge in [-0.15, -0.1) is 0 Å². The summed E-state index contributed by atoms with van der Waals surface area (Å²) in [5, 5.41) is 0. The van der Waals surface area contributed by atoms with Crippen molar-refractivity contribution in [2.45, 2.75) is 13.0 Å². The van der Waals surface area contributed by atoms with Gasteiger partial charge in [-0.05, 0) is 24.6 Å². The average Bonchev–Trinajstić information content (AvgIpc) is 2.17. The van der Waals surface area contributed by atoms with E-state index in [1.54, 1.807) is 0 Å². The lowest BCUT2D eigenvalue weighted by Crippen LogP contribution is -2.27. The molecule has 1 aromatic rings. The van der Waals surface area contributed by atoms with Crippen LogP contribution in [0.2, 0.25) is 0 Å². The van der Waals surface area contributed by atoms with Gasteiger partial charge in [0.25, 0.3) is 0 Å². The van der Waals surface area contributed by atoms with Crippen LogP contribution in [0, 0.1) is 0 Å². The average molecular weight is 357 g/mol. The van der Waals surface area contributed by atoms with Gasteiger partial charge < -0.3 is 0 Å². The van der Waals surface area contributed by atoms with Gasteiger partial charge in [0, 0.05) is 10.5 Å². The molecular formula is C9H11Br2NO2S. The fourth-order valence-electron chi connectivity index (χ4n) is 1.14. The smallest absolute Gasteiger partial charge is 0.212 e. The minimum Gasteiger partial charge on any atom is -0.212 e. The number of hydrogen-bond donors (Lipinski definition) is 1. The highest BCUT2D eigenvalue weighted by Gasteiger charge is 2.13. The van der Waals surface area contributed by atoms with Gasteiger partial charge in [-0.3, -0.25) is 0 Å². The lowest BCUT2D eigenvalue weighted by molar-refractivity contribution is 0.572. The van der Waals surface area contributed by atoms with Gasteiger partial charge in [-0.1, -0.05) is 44.0 Å². The van der Waals surface area contributed by atoms with Gasteiger partial charge in [-0.2, -0.15) is 0 Å². The quantitative estimate of drug-likeness (QED) is 0.843. The number of sulfonamides is 1. The third-order valence-corrected chi connectivity index (χ3v) is 5.15. The van der Waals surface area contributed by atoms with Crippen molar-refractivity contribution in [2.75, 3.05) is 4.66 Å². The molecule has 1 aromatic carbocycles. The topological polar surface area (TPSA) is 46.2 Å². The zero-order chi connectivity index (χ0) is 11.5. The first-order chi connectivity index (χ1) is 6.94. The molecule has 0 aromatic heterocycles. The van der Waals surface area contributed by atoms with Crippen molar-refractivity contribution in [2.24, 2.45) is 0 Å². The molecule has 0 radical (unpaired) electrons. The Morgan fingerprint density at radius 1 is 1.47 bits per heavy atom. The number of benzene rings is 1. The summed E-state index contributed by atoms with van der Waals surface area (Å²) in [6.07, 6.45) is 0. The van der Waals surface area contributed by atoms with Crippen LogP contribution in [0.3, 0.4) is 0 Å². The molecule has 0 spiro atoms. The van der Waals surface area contributed by atoms with Crippen LogP contribution in [0.25, 0.3) is 0 Å². The largest absolute Gasteiger partial charge is 0.222 e. The van der Waals surface area contributed by atoms with Crippen LogP contribution in [0.4, 0.5) is 0 Å². The Morgan fingerprint density at radius 2 is 2.13 bits per heavy atom. The molecular weight excluding hydrogens is 346 g/mol. The minimum absolute atomic E-state index is 0.0850. The lowest BCUT2D eigenvalue weighted by atomic mass is 10.1. The summed E-state index contributed by atoms with van der Waals surface area (Å²) in [4.78, 5) is 0. The molecule has 84 valence electrons. The van der Waals surface area contributed by atoms with Crippen LogP contribution in [-0.2, 0) is 10.0 Å². The van der Waals surface area contributed by atoms with E-state index < -0.39 is 10.0 Å². The van der Waals surface area contributed by atoms with Gasteiger partial charge in [-0.25, -0.2) is 13.1 Å². The minimum atomic E-state index is -3.23. The predicted molar refractivity (Wildman–Crippen MR) is 68.4 cm³/mol. The van der Waals surface area contributed by atoms with Crippen molar-refractivity contribution in [3.63, 3.8) is 0 Å². The van der Waals surface area contributed by atoms with Crippen LogP contribution in [0.1, 0.15) is 18.5 Å². The molecule has 0 aliphatic rings. The van der Waals surface area contributed by atoms with Crippen molar-refractivity contribution in [3.8, 4) is 0 Å². The Labute approximate surface area is 107 Å². The first-order valence-electron chi connectivity index (χ1n) is 4.26. The summed E-state index contributed by atoms with van der Waals surface area (Å²) < 4.78 is 26.0. The summed E-state index contributed by atoms with van der Waals surface area (Å²) in [5.74, 6) is 0. The molecule has 6 heteroatoms. The van der Waals surface area contributed by atoms with Gasteiger partial charge in [0.1, 0.15) is 4.66 Å². The fraction of sp³-hybridized carbons (Fsp3) is 0.333. The van der Waals surface area contributed by atoms with E-state index in [1.165, 1.54) is 0 Å². The molecule has 0 aliphatic heterocycles. The SMILES string of the molecule is C[C@@H](NS(=O)(=O)CBr)c1cccc(Br)c1. The van der Waals surface area contributed by atoms with E-state index in [0.717, 1.165) is 10.0 Å². The molecule has 1 N–H and O–H groups in total. The number of nitrogens with one attached hydrogen (secondary N) is 1. The lowest BCUT2D eigenvalue weighted by Gasteiger charge is -2.13. The van der Waals surface area contributed by atoms with Crippen molar-refractivity contribution in [1.29, 1.82) is 0 Å². The first-order valence-corrected chi connectivity index (χ1v) is 7.83. The summed E-state index contributed by atoms with van der Waals surface area (Å²) in [6, 6.07) is 7.31. The van der Waals surface area contributed by atoms with E-state index in [1.807, 2.05) is 31.2 Å². The van der Waals surface area contributed by atoms with E-state index in [0.29, 0.717) is 0 Å². The molecule has 0 amide bonds. The molecule has 0 heterocycles. The van der Waals surface area contributed by atoms with Crippen LogP contribution < -0.4 is 4.72 Å². The molecule has 0 bridgehead atoms. The second-order valence-corrected chi connectivity index (χ2v) is 7.09. The van der Waals surface area contributed by atoms with E-state index in [-0.39, 0.29) is 10.7 Å². The molecule has 0 unspecified atom stereocenters. The van der Waals surface area contributed by atoms with E-state index in [2.05, 4.69) is 36.6 Å². The fourth-order valence-corrected chi connectivity index (χ4v) is 2.70. The second-order valence-electron chi connectivity index (χ2n) is 3.12. The zero-order valence-electron chi connectivity index (χ0n) is 8.07. The van der Waals surface area contributed by atoms with Crippen LogP contribution >= 0.6 is 31.9 Å². The van der Waals surface area contributed by atoms with Gasteiger partial charge in [0.05, 0.1) is 0 Å². The Balaban J connectivity index is 2.82.